The number of rotatable bonds is 5. The predicted octanol–water partition coefficient (Wildman–Crippen LogP) is 3.58. The SMILES string of the molecule is NCCOc1ccc(Nc2ncc(Br)cc2Cl)cc1. The summed E-state index contributed by atoms with van der Waals surface area (Å²) < 4.78 is 6.24. The number of pyridine rings is 1. The summed E-state index contributed by atoms with van der Waals surface area (Å²) in [6.45, 7) is 1.01. The third-order valence-electron chi connectivity index (χ3n) is 2.31. The molecule has 4 nitrogen and oxygen atoms in total. The number of hydrogen-bond donors (Lipinski definition) is 2. The van der Waals surface area contributed by atoms with Gasteiger partial charge in [-0.25, -0.2) is 4.98 Å². The summed E-state index contributed by atoms with van der Waals surface area (Å²) in [5, 5.41) is 3.69. The average molecular weight is 343 g/mol. The molecule has 3 N–H and O–H groups in total. The molecule has 0 saturated heterocycles. The van der Waals surface area contributed by atoms with Crippen LogP contribution in [-0.2, 0) is 0 Å². The summed E-state index contributed by atoms with van der Waals surface area (Å²) in [6.07, 6.45) is 1.69. The Morgan fingerprint density at radius 1 is 1.32 bits per heavy atom. The Balaban J connectivity index is 2.06. The zero-order chi connectivity index (χ0) is 13.7. The second-order valence-electron chi connectivity index (χ2n) is 3.77. The molecule has 19 heavy (non-hydrogen) atoms. The number of benzene rings is 1. The average Bonchev–Trinajstić information content (AvgIpc) is 2.41. The fourth-order valence-electron chi connectivity index (χ4n) is 1.45. The van der Waals surface area contributed by atoms with Crippen molar-refractivity contribution >= 4 is 39.0 Å². The van der Waals surface area contributed by atoms with Gasteiger partial charge in [0, 0.05) is 22.9 Å². The smallest absolute Gasteiger partial charge is 0.149 e. The maximum absolute atomic E-state index is 6.09. The van der Waals surface area contributed by atoms with Crippen molar-refractivity contribution in [2.75, 3.05) is 18.5 Å². The van der Waals surface area contributed by atoms with Crippen LogP contribution in [0.25, 0.3) is 0 Å². The first-order chi connectivity index (χ1) is 9.19. The first-order valence-corrected chi connectivity index (χ1v) is 6.87. The number of nitrogens with zero attached hydrogens (tertiary/aromatic N) is 1. The summed E-state index contributed by atoms with van der Waals surface area (Å²) in [7, 11) is 0. The maximum Gasteiger partial charge on any atom is 0.149 e. The number of hydrogen-bond acceptors (Lipinski definition) is 4. The minimum atomic E-state index is 0.498. The Bertz CT molecular complexity index is 548. The molecule has 1 heterocycles. The van der Waals surface area contributed by atoms with Gasteiger partial charge in [0.15, 0.2) is 0 Å². The molecule has 0 spiro atoms. The van der Waals surface area contributed by atoms with Crippen LogP contribution in [0.2, 0.25) is 5.02 Å². The van der Waals surface area contributed by atoms with E-state index in [4.69, 9.17) is 22.1 Å². The third kappa shape index (κ3) is 4.09. The van der Waals surface area contributed by atoms with Crippen LogP contribution in [0, 0.1) is 0 Å². The quantitative estimate of drug-likeness (QED) is 0.872. The van der Waals surface area contributed by atoms with Crippen molar-refractivity contribution in [1.82, 2.24) is 4.98 Å². The van der Waals surface area contributed by atoms with Crippen molar-refractivity contribution in [3.8, 4) is 5.75 Å². The highest BCUT2D eigenvalue weighted by Crippen LogP contribution is 2.26. The highest BCUT2D eigenvalue weighted by molar-refractivity contribution is 9.10. The molecular formula is C13H13BrClN3O. The Kier molecular flexibility index (Phi) is 5.01. The van der Waals surface area contributed by atoms with E-state index < -0.39 is 0 Å². The van der Waals surface area contributed by atoms with Gasteiger partial charge in [-0.2, -0.15) is 0 Å². The lowest BCUT2D eigenvalue weighted by Crippen LogP contribution is -2.10. The molecule has 0 aliphatic carbocycles. The van der Waals surface area contributed by atoms with E-state index in [1.54, 1.807) is 12.3 Å². The molecule has 100 valence electrons. The molecule has 0 saturated carbocycles. The zero-order valence-corrected chi connectivity index (χ0v) is 12.4. The van der Waals surface area contributed by atoms with Gasteiger partial charge in [0.2, 0.25) is 0 Å². The van der Waals surface area contributed by atoms with Gasteiger partial charge < -0.3 is 15.8 Å². The molecule has 0 aliphatic rings. The van der Waals surface area contributed by atoms with Crippen LogP contribution in [0.4, 0.5) is 11.5 Å². The largest absolute Gasteiger partial charge is 0.492 e. The molecule has 0 fully saturated rings. The van der Waals surface area contributed by atoms with E-state index in [0.29, 0.717) is 24.0 Å². The monoisotopic (exact) mass is 341 g/mol. The number of halogens is 2. The molecule has 0 unspecified atom stereocenters. The summed E-state index contributed by atoms with van der Waals surface area (Å²) in [5.41, 5.74) is 6.26. The Morgan fingerprint density at radius 3 is 2.68 bits per heavy atom. The molecule has 6 heteroatoms. The van der Waals surface area contributed by atoms with Crippen LogP contribution < -0.4 is 15.8 Å². The van der Waals surface area contributed by atoms with E-state index in [0.717, 1.165) is 15.9 Å². The van der Waals surface area contributed by atoms with E-state index in [1.165, 1.54) is 0 Å². The van der Waals surface area contributed by atoms with Crippen molar-refractivity contribution in [2.24, 2.45) is 5.73 Å². The predicted molar refractivity (Wildman–Crippen MR) is 81.2 cm³/mol. The minimum absolute atomic E-state index is 0.498. The number of anilines is 2. The second-order valence-corrected chi connectivity index (χ2v) is 5.09. The summed E-state index contributed by atoms with van der Waals surface area (Å²) in [4.78, 5) is 4.21. The van der Waals surface area contributed by atoms with Crippen molar-refractivity contribution in [2.45, 2.75) is 0 Å². The maximum atomic E-state index is 6.09. The van der Waals surface area contributed by atoms with Gasteiger partial charge in [-0.1, -0.05) is 11.6 Å². The highest BCUT2D eigenvalue weighted by atomic mass is 79.9. The first kappa shape index (κ1) is 14.1. The number of ether oxygens (including phenoxy) is 1. The summed E-state index contributed by atoms with van der Waals surface area (Å²) >= 11 is 9.40. The van der Waals surface area contributed by atoms with Gasteiger partial charge >= 0.3 is 0 Å². The van der Waals surface area contributed by atoms with Crippen LogP contribution in [0.1, 0.15) is 0 Å². The zero-order valence-electron chi connectivity index (χ0n) is 10.1. The normalized spacial score (nSPS) is 10.3. The molecule has 1 aromatic carbocycles. The van der Waals surface area contributed by atoms with Crippen molar-refractivity contribution in [1.29, 1.82) is 0 Å². The van der Waals surface area contributed by atoms with E-state index in [-0.39, 0.29) is 0 Å². The summed E-state index contributed by atoms with van der Waals surface area (Å²) in [5.74, 6) is 1.39. The molecule has 0 bridgehead atoms. The lowest BCUT2D eigenvalue weighted by molar-refractivity contribution is 0.328. The summed E-state index contributed by atoms with van der Waals surface area (Å²) in [6, 6.07) is 9.31. The van der Waals surface area contributed by atoms with Crippen LogP contribution in [-0.4, -0.2) is 18.1 Å². The fraction of sp³-hybridized carbons (Fsp3) is 0.154. The lowest BCUT2D eigenvalue weighted by atomic mass is 10.3. The fourth-order valence-corrected chi connectivity index (χ4v) is 2.13. The Morgan fingerprint density at radius 2 is 2.05 bits per heavy atom. The molecule has 0 radical (unpaired) electrons. The van der Waals surface area contributed by atoms with Crippen LogP contribution in [0.5, 0.6) is 5.75 Å². The molecular weight excluding hydrogens is 330 g/mol. The van der Waals surface area contributed by atoms with Crippen LogP contribution in [0.3, 0.4) is 0 Å². The first-order valence-electron chi connectivity index (χ1n) is 5.70. The number of nitrogens with two attached hydrogens (primary N) is 1. The van der Waals surface area contributed by atoms with Gasteiger partial charge in [0.05, 0.1) is 5.02 Å². The molecule has 2 rings (SSSR count). The van der Waals surface area contributed by atoms with Crippen molar-refractivity contribution in [3.63, 3.8) is 0 Å². The van der Waals surface area contributed by atoms with E-state index in [2.05, 4.69) is 26.2 Å². The van der Waals surface area contributed by atoms with E-state index >= 15 is 0 Å². The Hall–Kier alpha value is -1.30. The van der Waals surface area contributed by atoms with E-state index in [1.807, 2.05) is 24.3 Å². The van der Waals surface area contributed by atoms with Gasteiger partial charge in [-0.15, -0.1) is 0 Å². The van der Waals surface area contributed by atoms with Crippen LogP contribution in [0.15, 0.2) is 41.0 Å². The number of nitrogens with one attached hydrogen (secondary N) is 1. The minimum Gasteiger partial charge on any atom is -0.492 e. The molecule has 0 atom stereocenters. The van der Waals surface area contributed by atoms with Gasteiger partial charge in [0.1, 0.15) is 18.2 Å². The molecule has 0 aliphatic heterocycles. The Labute approximate surface area is 125 Å². The van der Waals surface area contributed by atoms with Crippen LogP contribution >= 0.6 is 27.5 Å². The lowest BCUT2D eigenvalue weighted by Gasteiger charge is -2.09. The van der Waals surface area contributed by atoms with E-state index in [9.17, 15) is 0 Å². The van der Waals surface area contributed by atoms with Gasteiger partial charge in [-0.3, -0.25) is 0 Å². The third-order valence-corrected chi connectivity index (χ3v) is 3.03. The standard InChI is InChI=1S/C13H13BrClN3O/c14-9-7-12(15)13(17-8-9)18-10-1-3-11(4-2-10)19-6-5-16/h1-4,7-8H,5-6,16H2,(H,17,18). The number of aromatic nitrogens is 1. The highest BCUT2D eigenvalue weighted by Gasteiger charge is 2.03. The second kappa shape index (κ2) is 6.75. The topological polar surface area (TPSA) is 60.2 Å². The van der Waals surface area contributed by atoms with Gasteiger partial charge in [-0.05, 0) is 46.3 Å². The molecule has 1 aromatic heterocycles. The van der Waals surface area contributed by atoms with Gasteiger partial charge in [0.25, 0.3) is 0 Å². The molecule has 0 amide bonds. The van der Waals surface area contributed by atoms with Crippen molar-refractivity contribution in [3.05, 3.63) is 46.0 Å². The van der Waals surface area contributed by atoms with Crippen molar-refractivity contribution < 1.29 is 4.74 Å². The molecule has 2 aromatic rings.